The molecule has 0 bridgehead atoms. The summed E-state index contributed by atoms with van der Waals surface area (Å²) in [5.74, 6) is 0.189. The van der Waals surface area contributed by atoms with Crippen molar-refractivity contribution in [3.63, 3.8) is 0 Å². The number of anilines is 1. The molecular formula is C25H23NO5. The largest absolute Gasteiger partial charge is 0.497 e. The highest BCUT2D eigenvalue weighted by molar-refractivity contribution is 5.97. The highest BCUT2D eigenvalue weighted by Crippen LogP contribution is 2.23. The van der Waals surface area contributed by atoms with Crippen molar-refractivity contribution in [1.29, 1.82) is 0 Å². The number of carbonyl (C=O) groups excluding carboxylic acids is 2. The van der Waals surface area contributed by atoms with Crippen molar-refractivity contribution in [3.8, 4) is 11.5 Å². The van der Waals surface area contributed by atoms with E-state index in [1.807, 2.05) is 24.3 Å². The monoisotopic (exact) mass is 417 g/mol. The van der Waals surface area contributed by atoms with Gasteiger partial charge in [-0.1, -0.05) is 48.5 Å². The second-order valence-electron chi connectivity index (χ2n) is 6.52. The Bertz CT molecular complexity index is 1050. The first-order valence-corrected chi connectivity index (χ1v) is 9.62. The number of nitrogens with one attached hydrogen (secondary N) is 1. The highest BCUT2D eigenvalue weighted by Gasteiger charge is 2.24. The van der Waals surface area contributed by atoms with E-state index >= 15 is 0 Å². The summed E-state index contributed by atoms with van der Waals surface area (Å²) in [6.45, 7) is 0. The van der Waals surface area contributed by atoms with E-state index in [1.165, 1.54) is 6.08 Å². The molecule has 1 unspecified atom stereocenters. The quantitative estimate of drug-likeness (QED) is 0.427. The third-order valence-electron chi connectivity index (χ3n) is 4.47. The molecule has 0 heterocycles. The number of methoxy groups -OCH3 is 2. The van der Waals surface area contributed by atoms with Gasteiger partial charge in [0.2, 0.25) is 6.10 Å². The van der Waals surface area contributed by atoms with Crippen LogP contribution in [0.25, 0.3) is 6.08 Å². The van der Waals surface area contributed by atoms with E-state index in [0.717, 1.165) is 5.56 Å². The minimum absolute atomic E-state index is 0.463. The fraction of sp³-hybridized carbons (Fsp3) is 0.120. The summed E-state index contributed by atoms with van der Waals surface area (Å²) < 4.78 is 15.9. The molecule has 0 saturated heterocycles. The topological polar surface area (TPSA) is 73.9 Å². The fourth-order valence-electron chi connectivity index (χ4n) is 2.90. The third kappa shape index (κ3) is 5.96. The van der Waals surface area contributed by atoms with Crippen LogP contribution in [0.3, 0.4) is 0 Å². The first kappa shape index (κ1) is 21.6. The van der Waals surface area contributed by atoms with Gasteiger partial charge in [-0.25, -0.2) is 4.79 Å². The zero-order chi connectivity index (χ0) is 22.1. The van der Waals surface area contributed by atoms with Crippen LogP contribution in [0.15, 0.2) is 84.9 Å². The number of hydrogen-bond acceptors (Lipinski definition) is 5. The second kappa shape index (κ2) is 10.6. The zero-order valence-electron chi connectivity index (χ0n) is 17.3. The van der Waals surface area contributed by atoms with E-state index < -0.39 is 18.0 Å². The molecule has 0 aromatic heterocycles. The number of hydrogen-bond donors (Lipinski definition) is 1. The Hall–Kier alpha value is -4.06. The molecule has 158 valence electrons. The van der Waals surface area contributed by atoms with Crippen LogP contribution in [0.5, 0.6) is 11.5 Å². The fourth-order valence-corrected chi connectivity index (χ4v) is 2.90. The molecule has 0 spiro atoms. The van der Waals surface area contributed by atoms with Gasteiger partial charge in [-0.05, 0) is 36.4 Å². The first-order valence-electron chi connectivity index (χ1n) is 9.62. The van der Waals surface area contributed by atoms with Crippen LogP contribution in [-0.2, 0) is 14.3 Å². The number of rotatable bonds is 8. The maximum absolute atomic E-state index is 12.9. The van der Waals surface area contributed by atoms with Gasteiger partial charge in [0.15, 0.2) is 0 Å². The Kier molecular flexibility index (Phi) is 7.43. The van der Waals surface area contributed by atoms with E-state index in [9.17, 15) is 9.59 Å². The Morgan fingerprint density at radius 1 is 0.839 bits per heavy atom. The molecule has 1 amide bonds. The molecule has 31 heavy (non-hydrogen) atoms. The smallest absolute Gasteiger partial charge is 0.331 e. The standard InChI is InChI=1S/C25H23NO5/c1-29-21-15-13-20(14-16-21)26-25(28)24(19-9-4-3-5-10-19)31-23(27)17-12-18-8-6-7-11-22(18)30-2/h3-17,24H,1-2H3,(H,26,28)/b17-12+. The van der Waals surface area contributed by atoms with Gasteiger partial charge < -0.3 is 19.5 Å². The molecule has 3 rings (SSSR count). The van der Waals surface area contributed by atoms with Crippen LogP contribution in [-0.4, -0.2) is 26.1 Å². The van der Waals surface area contributed by atoms with E-state index in [0.29, 0.717) is 22.7 Å². The normalized spacial score (nSPS) is 11.5. The van der Waals surface area contributed by atoms with Crippen molar-refractivity contribution in [3.05, 3.63) is 96.1 Å². The van der Waals surface area contributed by atoms with E-state index in [1.54, 1.807) is 74.9 Å². The van der Waals surface area contributed by atoms with Gasteiger partial charge in [-0.2, -0.15) is 0 Å². The zero-order valence-corrected chi connectivity index (χ0v) is 17.3. The summed E-state index contributed by atoms with van der Waals surface area (Å²) in [5, 5.41) is 2.77. The lowest BCUT2D eigenvalue weighted by Crippen LogP contribution is -2.25. The minimum atomic E-state index is -1.11. The van der Waals surface area contributed by atoms with E-state index in [-0.39, 0.29) is 0 Å². The van der Waals surface area contributed by atoms with Gasteiger partial charge in [-0.15, -0.1) is 0 Å². The van der Waals surface area contributed by atoms with Crippen molar-refractivity contribution in [1.82, 2.24) is 0 Å². The first-order chi connectivity index (χ1) is 15.1. The number of carbonyl (C=O) groups is 2. The Morgan fingerprint density at radius 3 is 2.19 bits per heavy atom. The summed E-state index contributed by atoms with van der Waals surface area (Å²) in [4.78, 5) is 25.4. The predicted octanol–water partition coefficient (Wildman–Crippen LogP) is 4.64. The number of para-hydroxylation sites is 1. The van der Waals surface area contributed by atoms with Crippen molar-refractivity contribution >= 4 is 23.6 Å². The van der Waals surface area contributed by atoms with Crippen LogP contribution < -0.4 is 14.8 Å². The second-order valence-corrected chi connectivity index (χ2v) is 6.52. The van der Waals surface area contributed by atoms with Crippen LogP contribution >= 0.6 is 0 Å². The number of esters is 1. The van der Waals surface area contributed by atoms with Gasteiger partial charge in [-0.3, -0.25) is 4.79 Å². The molecule has 0 fully saturated rings. The Balaban J connectivity index is 1.76. The molecule has 0 aliphatic carbocycles. The molecule has 0 aliphatic rings. The molecule has 6 heteroatoms. The van der Waals surface area contributed by atoms with Crippen molar-refractivity contribution in [2.45, 2.75) is 6.10 Å². The molecule has 3 aromatic rings. The van der Waals surface area contributed by atoms with E-state index in [4.69, 9.17) is 14.2 Å². The van der Waals surface area contributed by atoms with Gasteiger partial charge in [0.1, 0.15) is 11.5 Å². The van der Waals surface area contributed by atoms with E-state index in [2.05, 4.69) is 5.32 Å². The van der Waals surface area contributed by atoms with Crippen molar-refractivity contribution in [2.24, 2.45) is 0 Å². The molecule has 1 atom stereocenters. The van der Waals surface area contributed by atoms with Crippen molar-refractivity contribution < 1.29 is 23.8 Å². The van der Waals surface area contributed by atoms with Crippen molar-refractivity contribution in [2.75, 3.05) is 19.5 Å². The minimum Gasteiger partial charge on any atom is -0.497 e. The molecule has 3 aromatic carbocycles. The lowest BCUT2D eigenvalue weighted by molar-refractivity contribution is -0.149. The molecule has 0 aliphatic heterocycles. The van der Waals surface area contributed by atoms with Crippen LogP contribution in [0.4, 0.5) is 5.69 Å². The van der Waals surface area contributed by atoms with Gasteiger partial charge in [0.05, 0.1) is 14.2 Å². The van der Waals surface area contributed by atoms with Gasteiger partial charge in [0, 0.05) is 22.9 Å². The lowest BCUT2D eigenvalue weighted by Gasteiger charge is -2.17. The molecule has 1 N–H and O–H groups in total. The van der Waals surface area contributed by atoms with Gasteiger partial charge >= 0.3 is 5.97 Å². The summed E-state index contributed by atoms with van der Waals surface area (Å²) in [6.07, 6.45) is 1.75. The molecule has 0 radical (unpaired) electrons. The maximum Gasteiger partial charge on any atom is 0.331 e. The maximum atomic E-state index is 12.9. The Morgan fingerprint density at radius 2 is 1.52 bits per heavy atom. The third-order valence-corrected chi connectivity index (χ3v) is 4.47. The van der Waals surface area contributed by atoms with Crippen LogP contribution in [0, 0.1) is 0 Å². The average molecular weight is 417 g/mol. The summed E-state index contributed by atoms with van der Waals surface area (Å²) in [6, 6.07) is 23.0. The number of amides is 1. The van der Waals surface area contributed by atoms with Gasteiger partial charge in [0.25, 0.3) is 5.91 Å². The number of benzene rings is 3. The average Bonchev–Trinajstić information content (AvgIpc) is 2.82. The molecule has 0 saturated carbocycles. The summed E-state index contributed by atoms with van der Waals surface area (Å²) in [7, 11) is 3.12. The predicted molar refractivity (Wildman–Crippen MR) is 119 cm³/mol. The molecular weight excluding hydrogens is 394 g/mol. The Labute approximate surface area is 181 Å². The molecule has 6 nitrogen and oxygen atoms in total. The van der Waals surface area contributed by atoms with Crippen LogP contribution in [0.1, 0.15) is 17.2 Å². The lowest BCUT2D eigenvalue weighted by atomic mass is 10.1. The number of ether oxygens (including phenoxy) is 3. The van der Waals surface area contributed by atoms with Crippen LogP contribution in [0.2, 0.25) is 0 Å². The summed E-state index contributed by atoms with van der Waals surface area (Å²) in [5.41, 5.74) is 1.85. The SMILES string of the molecule is COc1ccc(NC(=O)C(OC(=O)/C=C/c2ccccc2OC)c2ccccc2)cc1. The summed E-state index contributed by atoms with van der Waals surface area (Å²) >= 11 is 0. The highest BCUT2D eigenvalue weighted by atomic mass is 16.5.